The van der Waals surface area contributed by atoms with Crippen molar-refractivity contribution >= 4 is 89.7 Å². The van der Waals surface area contributed by atoms with Crippen molar-refractivity contribution in [2.45, 2.75) is 0 Å². The van der Waals surface area contributed by atoms with Crippen LogP contribution in [0.3, 0.4) is 0 Å². The normalized spacial score (nSPS) is 13.0. The summed E-state index contributed by atoms with van der Waals surface area (Å²) in [6, 6.07) is 63.3. The fraction of sp³-hybridized carbons (Fsp3) is 0. The molecule has 0 saturated heterocycles. The van der Waals surface area contributed by atoms with E-state index in [2.05, 4.69) is 185 Å². The lowest BCUT2D eigenvalue weighted by Crippen LogP contribution is -2.56. The zero-order valence-electron chi connectivity index (χ0n) is 29.5. The Kier molecular flexibility index (Phi) is 5.68. The van der Waals surface area contributed by atoms with Crippen molar-refractivity contribution in [2.75, 3.05) is 4.90 Å². The van der Waals surface area contributed by atoms with E-state index in [0.717, 1.165) is 72.2 Å². The minimum atomic E-state index is -0.184. The highest BCUT2D eigenvalue weighted by molar-refractivity contribution is 6.90. The van der Waals surface area contributed by atoms with E-state index in [1.807, 2.05) is 0 Å². The fourth-order valence-corrected chi connectivity index (χ4v) is 9.66. The lowest BCUT2D eigenvalue weighted by Gasteiger charge is -2.40. The molecule has 254 valence electrons. The number of benzene rings is 8. The van der Waals surface area contributed by atoms with Gasteiger partial charge in [-0.05, 0) is 69.6 Å². The van der Waals surface area contributed by atoms with Crippen molar-refractivity contribution in [3.05, 3.63) is 176 Å². The molecule has 8 aromatic carbocycles. The molecule has 0 amide bonds. The third-order valence-corrected chi connectivity index (χ3v) is 12.0. The summed E-state index contributed by atoms with van der Waals surface area (Å²) >= 11 is 0. The van der Waals surface area contributed by atoms with Gasteiger partial charge in [-0.25, -0.2) is 0 Å². The number of hydrogen-bond acceptors (Lipinski definition) is 3. The van der Waals surface area contributed by atoms with E-state index in [1.54, 1.807) is 0 Å². The molecule has 0 bridgehead atoms. The van der Waals surface area contributed by atoms with Gasteiger partial charge in [0.05, 0.1) is 5.39 Å². The van der Waals surface area contributed by atoms with Gasteiger partial charge >= 0.3 is 6.85 Å². The van der Waals surface area contributed by atoms with Gasteiger partial charge in [0, 0.05) is 55.3 Å². The van der Waals surface area contributed by atoms with E-state index in [0.29, 0.717) is 0 Å². The molecule has 13 rings (SSSR count). The van der Waals surface area contributed by atoms with Crippen molar-refractivity contribution in [2.24, 2.45) is 0 Å². The summed E-state index contributed by atoms with van der Waals surface area (Å²) in [5, 5.41) is 5.71. The molecule has 0 spiro atoms. The smallest absolute Gasteiger partial charge is 0.336 e. The standard InChI is InChI=1S/C50H29BN2O2/c1-3-12-30(13-4-1)32-22-25-34(26-23-32)52-41-27-24-33(31-14-5-2-6-15-31)28-40(41)51-47-42(52)29-39-35-16-7-9-20-43(35)54-49(39)46(47)38-19-11-18-37-45-36-17-8-10-21-44(36)55-50(45)53(51)48(37)38/h1-29H. The molecule has 0 N–H and O–H groups in total. The van der Waals surface area contributed by atoms with Crippen LogP contribution in [0.4, 0.5) is 17.1 Å². The van der Waals surface area contributed by atoms with Gasteiger partial charge in [0.2, 0.25) is 0 Å². The lowest BCUT2D eigenvalue weighted by atomic mass is 9.45. The average Bonchev–Trinajstić information content (AvgIpc) is 3.92. The van der Waals surface area contributed by atoms with Crippen molar-refractivity contribution in [1.82, 2.24) is 4.48 Å². The third kappa shape index (κ3) is 3.86. The number of aromatic nitrogens is 1. The molecule has 11 aromatic rings. The molecule has 2 aliphatic rings. The molecular formula is C50H29BN2O2. The maximum Gasteiger partial charge on any atom is 0.336 e. The van der Waals surface area contributed by atoms with Crippen LogP contribution in [-0.2, 0) is 0 Å². The Labute approximate surface area is 316 Å². The quantitative estimate of drug-likeness (QED) is 0.172. The molecule has 0 saturated carbocycles. The summed E-state index contributed by atoms with van der Waals surface area (Å²) in [4.78, 5) is 2.47. The minimum Gasteiger partial charge on any atom is -0.455 e. The highest BCUT2D eigenvalue weighted by Gasteiger charge is 2.45. The maximum absolute atomic E-state index is 6.93. The van der Waals surface area contributed by atoms with Gasteiger partial charge in [0.15, 0.2) is 5.71 Å². The monoisotopic (exact) mass is 700 g/mol. The highest BCUT2D eigenvalue weighted by Crippen LogP contribution is 2.50. The molecule has 2 aliphatic heterocycles. The zero-order chi connectivity index (χ0) is 35.8. The van der Waals surface area contributed by atoms with Crippen LogP contribution in [0.25, 0.3) is 88.3 Å². The largest absolute Gasteiger partial charge is 0.455 e. The number of rotatable bonds is 3. The molecule has 0 fully saturated rings. The van der Waals surface area contributed by atoms with Crippen LogP contribution in [0.5, 0.6) is 0 Å². The van der Waals surface area contributed by atoms with Crippen LogP contribution in [-0.4, -0.2) is 11.3 Å². The number of para-hydroxylation sites is 3. The molecule has 55 heavy (non-hydrogen) atoms. The van der Waals surface area contributed by atoms with Crippen LogP contribution in [0.15, 0.2) is 185 Å². The van der Waals surface area contributed by atoms with Gasteiger partial charge in [-0.3, -0.25) is 0 Å². The lowest BCUT2D eigenvalue weighted by molar-refractivity contribution is 0.650. The van der Waals surface area contributed by atoms with Crippen LogP contribution >= 0.6 is 0 Å². The SMILES string of the molecule is c1ccc(-c2ccc(N3c4ccc(-c5ccccc5)cc4B4c5c3cc3c(oc6ccccc63)c5-c3cccc5c6c7ccccc7oc6n4c35)cc2)cc1. The molecule has 0 atom stereocenters. The van der Waals surface area contributed by atoms with E-state index >= 15 is 0 Å². The van der Waals surface area contributed by atoms with Crippen LogP contribution in [0.2, 0.25) is 0 Å². The predicted octanol–water partition coefficient (Wildman–Crippen LogP) is 12.2. The Morgan fingerprint density at radius 3 is 1.87 bits per heavy atom. The summed E-state index contributed by atoms with van der Waals surface area (Å²) in [5.74, 6) is 0. The average molecular weight is 701 g/mol. The van der Waals surface area contributed by atoms with Crippen molar-refractivity contribution in [3.63, 3.8) is 0 Å². The Morgan fingerprint density at radius 1 is 0.455 bits per heavy atom. The van der Waals surface area contributed by atoms with E-state index in [4.69, 9.17) is 8.83 Å². The summed E-state index contributed by atoms with van der Waals surface area (Å²) in [6.07, 6.45) is 0. The van der Waals surface area contributed by atoms with Gasteiger partial charge in [-0.2, -0.15) is 0 Å². The van der Waals surface area contributed by atoms with E-state index in [9.17, 15) is 0 Å². The molecule has 4 nitrogen and oxygen atoms in total. The Bertz CT molecular complexity index is 3380. The topological polar surface area (TPSA) is 34.5 Å². The first-order chi connectivity index (χ1) is 27.3. The highest BCUT2D eigenvalue weighted by atomic mass is 16.3. The Morgan fingerprint density at radius 2 is 1.09 bits per heavy atom. The maximum atomic E-state index is 6.93. The van der Waals surface area contributed by atoms with Crippen molar-refractivity contribution in [1.29, 1.82) is 0 Å². The van der Waals surface area contributed by atoms with Crippen molar-refractivity contribution in [3.8, 4) is 33.4 Å². The number of furan rings is 2. The summed E-state index contributed by atoms with van der Waals surface area (Å²) in [7, 11) is 0. The summed E-state index contributed by atoms with van der Waals surface area (Å²) in [5.41, 5.74) is 17.7. The zero-order valence-corrected chi connectivity index (χ0v) is 29.5. The second kappa shape index (κ2) is 10.7. The molecule has 5 heteroatoms. The second-order valence-electron chi connectivity index (χ2n) is 14.8. The molecule has 0 radical (unpaired) electrons. The first-order valence-corrected chi connectivity index (χ1v) is 18.9. The molecule has 3 aromatic heterocycles. The summed E-state index contributed by atoms with van der Waals surface area (Å²) in [6.45, 7) is -0.184. The van der Waals surface area contributed by atoms with Gasteiger partial charge in [0.1, 0.15) is 16.7 Å². The van der Waals surface area contributed by atoms with Crippen LogP contribution < -0.4 is 15.8 Å². The van der Waals surface area contributed by atoms with Gasteiger partial charge < -0.3 is 18.2 Å². The third-order valence-electron chi connectivity index (χ3n) is 12.0. The summed E-state index contributed by atoms with van der Waals surface area (Å²) < 4.78 is 16.3. The van der Waals surface area contributed by atoms with Gasteiger partial charge in [-0.15, -0.1) is 0 Å². The number of fused-ring (bicyclic) bond motifs is 13. The van der Waals surface area contributed by atoms with E-state index in [1.165, 1.54) is 44.1 Å². The first-order valence-electron chi connectivity index (χ1n) is 18.9. The van der Waals surface area contributed by atoms with Crippen LogP contribution in [0.1, 0.15) is 0 Å². The minimum absolute atomic E-state index is 0.184. The van der Waals surface area contributed by atoms with Gasteiger partial charge in [-0.1, -0.05) is 140 Å². The van der Waals surface area contributed by atoms with E-state index < -0.39 is 0 Å². The Hall–Kier alpha value is -7.24. The second-order valence-corrected chi connectivity index (χ2v) is 14.8. The first kappa shape index (κ1) is 29.2. The Balaban J connectivity index is 1.19. The fourth-order valence-electron chi connectivity index (χ4n) is 9.66. The van der Waals surface area contributed by atoms with Crippen molar-refractivity contribution < 1.29 is 8.83 Å². The molecule has 0 unspecified atom stereocenters. The number of anilines is 3. The molecule has 0 aliphatic carbocycles. The number of hydrogen-bond donors (Lipinski definition) is 0. The van der Waals surface area contributed by atoms with Crippen LogP contribution in [0, 0.1) is 0 Å². The predicted molar refractivity (Wildman–Crippen MR) is 228 cm³/mol. The number of nitrogens with zero attached hydrogens (tertiary/aromatic N) is 2. The van der Waals surface area contributed by atoms with Gasteiger partial charge in [0.25, 0.3) is 0 Å². The molecular weight excluding hydrogens is 671 g/mol. The molecule has 5 heterocycles. The van der Waals surface area contributed by atoms with E-state index in [-0.39, 0.29) is 6.85 Å².